The second-order valence-corrected chi connectivity index (χ2v) is 6.76. The van der Waals surface area contributed by atoms with Gasteiger partial charge in [-0.3, -0.25) is 4.98 Å². The minimum atomic E-state index is 0.679. The number of hydrogen-bond donors (Lipinski definition) is 0. The Balaban J connectivity index is 1.99. The zero-order valence-electron chi connectivity index (χ0n) is 13.2. The summed E-state index contributed by atoms with van der Waals surface area (Å²) in [6, 6.07) is 8.52. The predicted molar refractivity (Wildman–Crippen MR) is 94.0 cm³/mol. The standard InChI is InChI=1S/C19H22N2S/c1-14-7-9-18(20-12-14)17(11-15-5-3-4-6-15)16-8-10-19(22-2)21-13-16/h7-13,15H,3-6H2,1-2H3/b17-11+. The van der Waals surface area contributed by atoms with E-state index >= 15 is 0 Å². The van der Waals surface area contributed by atoms with Crippen LogP contribution < -0.4 is 0 Å². The molecule has 0 saturated heterocycles. The number of aryl methyl sites for hydroxylation is 1. The zero-order valence-corrected chi connectivity index (χ0v) is 14.1. The molecule has 2 aromatic rings. The van der Waals surface area contributed by atoms with Crippen molar-refractivity contribution in [3.8, 4) is 0 Å². The van der Waals surface area contributed by atoms with Crippen molar-refractivity contribution in [2.75, 3.05) is 6.26 Å². The number of thioether (sulfide) groups is 1. The SMILES string of the molecule is CSc1ccc(/C(=C\C2CCCC2)c2ccc(C)cn2)cn1. The average Bonchev–Trinajstić information content (AvgIpc) is 3.07. The summed E-state index contributed by atoms with van der Waals surface area (Å²) in [4.78, 5) is 9.17. The molecule has 1 aliphatic carbocycles. The minimum Gasteiger partial charge on any atom is -0.256 e. The molecule has 0 amide bonds. The molecule has 1 aliphatic rings. The van der Waals surface area contributed by atoms with Gasteiger partial charge < -0.3 is 0 Å². The maximum Gasteiger partial charge on any atom is 0.0957 e. The van der Waals surface area contributed by atoms with Crippen LogP contribution in [-0.2, 0) is 0 Å². The number of rotatable bonds is 4. The van der Waals surface area contributed by atoms with Gasteiger partial charge in [0, 0.05) is 23.5 Å². The van der Waals surface area contributed by atoms with E-state index in [9.17, 15) is 0 Å². The van der Waals surface area contributed by atoms with E-state index in [-0.39, 0.29) is 0 Å². The molecule has 1 fully saturated rings. The van der Waals surface area contributed by atoms with Crippen LogP contribution >= 0.6 is 11.8 Å². The van der Waals surface area contributed by atoms with Crippen LogP contribution in [0.1, 0.15) is 42.5 Å². The van der Waals surface area contributed by atoms with Crippen molar-refractivity contribution in [2.45, 2.75) is 37.6 Å². The summed E-state index contributed by atoms with van der Waals surface area (Å²) in [5.74, 6) is 0.679. The topological polar surface area (TPSA) is 25.8 Å². The van der Waals surface area contributed by atoms with Crippen LogP contribution in [0.3, 0.4) is 0 Å². The predicted octanol–water partition coefficient (Wildman–Crippen LogP) is 5.13. The molecule has 0 aromatic carbocycles. The highest BCUT2D eigenvalue weighted by Crippen LogP contribution is 2.31. The van der Waals surface area contributed by atoms with Crippen LogP contribution in [0.5, 0.6) is 0 Å². The summed E-state index contributed by atoms with van der Waals surface area (Å²) < 4.78 is 0. The lowest BCUT2D eigenvalue weighted by Crippen LogP contribution is -1.97. The second kappa shape index (κ2) is 7.10. The lowest BCUT2D eigenvalue weighted by atomic mass is 9.97. The summed E-state index contributed by atoms with van der Waals surface area (Å²) in [5.41, 5.74) is 4.64. The van der Waals surface area contributed by atoms with Gasteiger partial charge in [-0.05, 0) is 49.6 Å². The van der Waals surface area contributed by atoms with Crippen molar-refractivity contribution < 1.29 is 0 Å². The molecule has 0 spiro atoms. The molecule has 0 unspecified atom stereocenters. The van der Waals surface area contributed by atoms with Crippen LogP contribution in [-0.4, -0.2) is 16.2 Å². The summed E-state index contributed by atoms with van der Waals surface area (Å²) in [5, 5.41) is 1.06. The third kappa shape index (κ3) is 3.58. The highest BCUT2D eigenvalue weighted by Gasteiger charge is 2.16. The van der Waals surface area contributed by atoms with Crippen molar-refractivity contribution in [1.29, 1.82) is 0 Å². The van der Waals surface area contributed by atoms with Crippen LogP contribution in [0.4, 0.5) is 0 Å². The minimum absolute atomic E-state index is 0.679. The molecular formula is C19H22N2S. The maximum absolute atomic E-state index is 4.64. The fourth-order valence-electron chi connectivity index (χ4n) is 2.98. The summed E-state index contributed by atoms with van der Waals surface area (Å²) in [7, 11) is 0. The van der Waals surface area contributed by atoms with E-state index in [1.165, 1.54) is 42.4 Å². The molecular weight excluding hydrogens is 288 g/mol. The van der Waals surface area contributed by atoms with E-state index < -0.39 is 0 Å². The number of aromatic nitrogens is 2. The Morgan fingerprint density at radius 3 is 2.50 bits per heavy atom. The maximum atomic E-state index is 4.64. The fraction of sp³-hybridized carbons (Fsp3) is 0.368. The number of hydrogen-bond acceptors (Lipinski definition) is 3. The van der Waals surface area contributed by atoms with Gasteiger partial charge in [-0.1, -0.05) is 31.1 Å². The first-order valence-corrected chi connectivity index (χ1v) is 9.14. The van der Waals surface area contributed by atoms with E-state index in [0.717, 1.165) is 10.7 Å². The molecule has 0 radical (unpaired) electrons. The largest absolute Gasteiger partial charge is 0.256 e. The molecule has 0 atom stereocenters. The summed E-state index contributed by atoms with van der Waals surface area (Å²) >= 11 is 1.67. The van der Waals surface area contributed by atoms with Crippen LogP contribution in [0.2, 0.25) is 0 Å². The highest BCUT2D eigenvalue weighted by molar-refractivity contribution is 7.98. The summed E-state index contributed by atoms with van der Waals surface area (Å²) in [6.07, 6.45) is 13.7. The van der Waals surface area contributed by atoms with E-state index in [1.54, 1.807) is 11.8 Å². The van der Waals surface area contributed by atoms with E-state index in [4.69, 9.17) is 0 Å². The molecule has 0 aliphatic heterocycles. The van der Waals surface area contributed by atoms with Gasteiger partial charge in [-0.15, -0.1) is 11.8 Å². The Morgan fingerprint density at radius 2 is 1.91 bits per heavy atom. The van der Waals surface area contributed by atoms with Crippen molar-refractivity contribution >= 4 is 17.3 Å². The molecule has 2 nitrogen and oxygen atoms in total. The lowest BCUT2D eigenvalue weighted by molar-refractivity contribution is 0.687. The van der Waals surface area contributed by atoms with Crippen LogP contribution in [0.15, 0.2) is 47.8 Å². The smallest absolute Gasteiger partial charge is 0.0957 e. The van der Waals surface area contributed by atoms with Gasteiger partial charge in [0.1, 0.15) is 0 Å². The fourth-order valence-corrected chi connectivity index (χ4v) is 3.34. The second-order valence-electron chi connectivity index (χ2n) is 5.93. The zero-order chi connectivity index (χ0) is 15.4. The van der Waals surface area contributed by atoms with Crippen molar-refractivity contribution in [2.24, 2.45) is 5.92 Å². The van der Waals surface area contributed by atoms with Gasteiger partial charge in [0.15, 0.2) is 0 Å². The molecule has 1 saturated carbocycles. The first kappa shape index (κ1) is 15.3. The van der Waals surface area contributed by atoms with Gasteiger partial charge in [0.2, 0.25) is 0 Å². The number of pyridine rings is 2. The number of nitrogens with zero attached hydrogens (tertiary/aromatic N) is 2. The van der Waals surface area contributed by atoms with Crippen molar-refractivity contribution in [3.05, 3.63) is 59.6 Å². The van der Waals surface area contributed by atoms with Gasteiger partial charge in [0.05, 0.1) is 10.7 Å². The Hall–Kier alpha value is -1.61. The first-order valence-electron chi connectivity index (χ1n) is 7.91. The Morgan fingerprint density at radius 1 is 1.09 bits per heavy atom. The molecule has 0 N–H and O–H groups in total. The first-order chi connectivity index (χ1) is 10.8. The molecule has 2 aromatic heterocycles. The average molecular weight is 310 g/mol. The Kier molecular flexibility index (Phi) is 4.94. The molecule has 3 heteroatoms. The molecule has 114 valence electrons. The normalized spacial score (nSPS) is 16.2. The Labute approximate surface area is 137 Å². The molecule has 22 heavy (non-hydrogen) atoms. The van der Waals surface area contributed by atoms with Gasteiger partial charge >= 0.3 is 0 Å². The van der Waals surface area contributed by atoms with Crippen molar-refractivity contribution in [3.63, 3.8) is 0 Å². The number of allylic oxidation sites excluding steroid dienone is 1. The monoisotopic (exact) mass is 310 g/mol. The third-order valence-corrected chi connectivity index (χ3v) is 4.91. The van der Waals surface area contributed by atoms with Crippen LogP contribution in [0, 0.1) is 12.8 Å². The highest BCUT2D eigenvalue weighted by atomic mass is 32.2. The third-order valence-electron chi connectivity index (χ3n) is 4.25. The van der Waals surface area contributed by atoms with Crippen LogP contribution in [0.25, 0.3) is 5.57 Å². The van der Waals surface area contributed by atoms with E-state index in [0.29, 0.717) is 5.92 Å². The lowest BCUT2D eigenvalue weighted by Gasteiger charge is -2.11. The Bertz CT molecular complexity index is 638. The van der Waals surface area contributed by atoms with E-state index in [1.807, 2.05) is 12.4 Å². The van der Waals surface area contributed by atoms with Gasteiger partial charge in [-0.25, -0.2) is 4.98 Å². The summed E-state index contributed by atoms with van der Waals surface area (Å²) in [6.45, 7) is 2.08. The van der Waals surface area contributed by atoms with Gasteiger partial charge in [0.25, 0.3) is 0 Å². The molecule has 3 rings (SSSR count). The quantitative estimate of drug-likeness (QED) is 0.732. The molecule has 2 heterocycles. The van der Waals surface area contributed by atoms with E-state index in [2.05, 4.69) is 53.5 Å². The van der Waals surface area contributed by atoms with Crippen molar-refractivity contribution in [1.82, 2.24) is 9.97 Å². The molecule has 0 bridgehead atoms. The van der Waals surface area contributed by atoms with Gasteiger partial charge in [-0.2, -0.15) is 0 Å².